The molecule has 1 aliphatic heterocycles. The monoisotopic (exact) mass is 249 g/mol. The third kappa shape index (κ3) is 2.63. The Labute approximate surface area is 107 Å². The topological polar surface area (TPSA) is 82.6 Å². The van der Waals surface area contributed by atoms with Crippen molar-refractivity contribution in [2.24, 2.45) is 5.73 Å². The molecular weight excluding hydrogens is 230 g/mol. The van der Waals surface area contributed by atoms with Crippen molar-refractivity contribution >= 4 is 11.5 Å². The minimum Gasteiger partial charge on any atom is -0.394 e. The third-order valence-electron chi connectivity index (χ3n) is 3.13. The number of aliphatic hydroxyl groups excluding tert-OH is 1. The van der Waals surface area contributed by atoms with Gasteiger partial charge in [-0.15, -0.1) is 0 Å². The van der Waals surface area contributed by atoms with Crippen molar-refractivity contribution in [1.82, 2.24) is 0 Å². The van der Waals surface area contributed by atoms with Gasteiger partial charge in [0, 0.05) is 24.3 Å². The van der Waals surface area contributed by atoms with Gasteiger partial charge < -0.3 is 20.5 Å². The fourth-order valence-electron chi connectivity index (χ4n) is 2.18. The van der Waals surface area contributed by atoms with E-state index >= 15 is 0 Å². The van der Waals surface area contributed by atoms with Gasteiger partial charge in [0.15, 0.2) is 0 Å². The first-order valence-corrected chi connectivity index (χ1v) is 6.04. The smallest absolute Gasteiger partial charge is 0.124 e. The van der Waals surface area contributed by atoms with Crippen LogP contribution in [0.4, 0.5) is 5.69 Å². The number of rotatable bonds is 3. The number of morpholine rings is 1. The van der Waals surface area contributed by atoms with E-state index in [-0.39, 0.29) is 18.5 Å². The summed E-state index contributed by atoms with van der Waals surface area (Å²) in [7, 11) is 0. The van der Waals surface area contributed by atoms with Gasteiger partial charge in [0.1, 0.15) is 5.84 Å². The highest BCUT2D eigenvalue weighted by Crippen LogP contribution is 2.24. The average molecular weight is 249 g/mol. The number of hydrogen-bond donors (Lipinski definition) is 3. The summed E-state index contributed by atoms with van der Waals surface area (Å²) in [4.78, 5) is 2.12. The lowest BCUT2D eigenvalue weighted by atomic mass is 10.1. The number of benzene rings is 1. The molecule has 5 nitrogen and oxygen atoms in total. The van der Waals surface area contributed by atoms with Crippen molar-refractivity contribution in [3.63, 3.8) is 0 Å². The Balaban J connectivity index is 2.31. The first-order valence-electron chi connectivity index (χ1n) is 6.04. The Morgan fingerprint density at radius 3 is 3.06 bits per heavy atom. The van der Waals surface area contributed by atoms with Crippen molar-refractivity contribution in [2.45, 2.75) is 13.0 Å². The first-order chi connectivity index (χ1) is 8.61. The molecule has 5 heteroatoms. The summed E-state index contributed by atoms with van der Waals surface area (Å²) in [6.07, 6.45) is -0.168. The summed E-state index contributed by atoms with van der Waals surface area (Å²) in [5.41, 5.74) is 8.43. The second-order valence-electron chi connectivity index (χ2n) is 4.56. The summed E-state index contributed by atoms with van der Waals surface area (Å²) in [5, 5.41) is 16.8. The molecule has 1 atom stereocenters. The standard InChI is InChI=1S/C13H19N3O2/c1-9-2-3-11(13(14)15)12(6-9)16-4-5-18-10(7-16)8-17/h2-3,6,10,17H,4-5,7-8H2,1H3,(H3,14,15). The quantitative estimate of drug-likeness (QED) is 0.537. The van der Waals surface area contributed by atoms with E-state index < -0.39 is 0 Å². The fraction of sp³-hybridized carbons (Fsp3) is 0.462. The van der Waals surface area contributed by atoms with E-state index in [0.29, 0.717) is 13.2 Å². The molecule has 98 valence electrons. The summed E-state index contributed by atoms with van der Waals surface area (Å²) in [5.74, 6) is 0.0667. The van der Waals surface area contributed by atoms with Gasteiger partial charge in [-0.25, -0.2) is 0 Å². The fourth-order valence-corrected chi connectivity index (χ4v) is 2.18. The number of aryl methyl sites for hydroxylation is 1. The summed E-state index contributed by atoms with van der Waals surface area (Å²) in [6, 6.07) is 5.84. The number of hydrogen-bond acceptors (Lipinski definition) is 4. The SMILES string of the molecule is Cc1ccc(C(=N)N)c(N2CCOC(CO)C2)c1. The molecule has 2 rings (SSSR count). The molecule has 1 aromatic rings. The van der Waals surface area contributed by atoms with E-state index in [1.54, 1.807) is 0 Å². The number of nitrogen functional groups attached to an aromatic ring is 1. The van der Waals surface area contributed by atoms with Gasteiger partial charge in [0.2, 0.25) is 0 Å². The van der Waals surface area contributed by atoms with Crippen molar-refractivity contribution in [2.75, 3.05) is 31.2 Å². The number of nitrogens with zero attached hydrogens (tertiary/aromatic N) is 1. The molecule has 1 saturated heterocycles. The van der Waals surface area contributed by atoms with Crippen LogP contribution in [0.25, 0.3) is 0 Å². The molecule has 0 aromatic heterocycles. The number of anilines is 1. The molecule has 1 unspecified atom stereocenters. The number of nitrogens with one attached hydrogen (secondary N) is 1. The zero-order chi connectivity index (χ0) is 13.1. The van der Waals surface area contributed by atoms with E-state index in [2.05, 4.69) is 4.90 Å². The van der Waals surface area contributed by atoms with Crippen LogP contribution < -0.4 is 10.6 Å². The predicted octanol–water partition coefficient (Wildman–Crippen LogP) is 0.477. The molecule has 0 amide bonds. The molecule has 1 aliphatic rings. The van der Waals surface area contributed by atoms with Gasteiger partial charge >= 0.3 is 0 Å². The molecular formula is C13H19N3O2. The Bertz CT molecular complexity index is 448. The zero-order valence-electron chi connectivity index (χ0n) is 10.5. The van der Waals surface area contributed by atoms with E-state index in [4.69, 9.17) is 15.9 Å². The maximum Gasteiger partial charge on any atom is 0.124 e. The third-order valence-corrected chi connectivity index (χ3v) is 3.13. The molecule has 1 aromatic carbocycles. The molecule has 0 saturated carbocycles. The number of ether oxygens (including phenoxy) is 1. The lowest BCUT2D eigenvalue weighted by Crippen LogP contribution is -2.44. The molecule has 18 heavy (non-hydrogen) atoms. The number of aliphatic hydroxyl groups is 1. The van der Waals surface area contributed by atoms with Gasteiger partial charge in [-0.1, -0.05) is 6.07 Å². The van der Waals surface area contributed by atoms with Crippen LogP contribution >= 0.6 is 0 Å². The second kappa shape index (κ2) is 5.37. The van der Waals surface area contributed by atoms with Crippen molar-refractivity contribution in [3.05, 3.63) is 29.3 Å². The normalized spacial score (nSPS) is 19.9. The van der Waals surface area contributed by atoms with Crippen LogP contribution in [0, 0.1) is 12.3 Å². The van der Waals surface area contributed by atoms with Crippen LogP contribution in [0.15, 0.2) is 18.2 Å². The minimum atomic E-state index is -0.168. The molecule has 1 heterocycles. The minimum absolute atomic E-state index is 0.0116. The van der Waals surface area contributed by atoms with E-state index in [0.717, 1.165) is 23.4 Å². The van der Waals surface area contributed by atoms with Crippen LogP contribution in [-0.4, -0.2) is 43.3 Å². The molecule has 0 spiro atoms. The van der Waals surface area contributed by atoms with Crippen LogP contribution in [0.5, 0.6) is 0 Å². The zero-order valence-corrected chi connectivity index (χ0v) is 10.5. The Hall–Kier alpha value is -1.59. The maximum absolute atomic E-state index is 9.17. The highest BCUT2D eigenvalue weighted by Gasteiger charge is 2.22. The van der Waals surface area contributed by atoms with Gasteiger partial charge in [0.25, 0.3) is 0 Å². The van der Waals surface area contributed by atoms with Gasteiger partial charge in [-0.05, 0) is 24.6 Å². The van der Waals surface area contributed by atoms with Crippen molar-refractivity contribution < 1.29 is 9.84 Å². The lowest BCUT2D eigenvalue weighted by Gasteiger charge is -2.35. The summed E-state index contributed by atoms with van der Waals surface area (Å²) in [6.45, 7) is 3.98. The summed E-state index contributed by atoms with van der Waals surface area (Å²) < 4.78 is 5.43. The van der Waals surface area contributed by atoms with Crippen molar-refractivity contribution in [3.8, 4) is 0 Å². The van der Waals surface area contributed by atoms with Crippen LogP contribution in [0.3, 0.4) is 0 Å². The van der Waals surface area contributed by atoms with Crippen LogP contribution in [0.2, 0.25) is 0 Å². The highest BCUT2D eigenvalue weighted by molar-refractivity contribution is 6.00. The van der Waals surface area contributed by atoms with Gasteiger partial charge in [-0.3, -0.25) is 5.41 Å². The Kier molecular flexibility index (Phi) is 3.84. The van der Waals surface area contributed by atoms with Crippen molar-refractivity contribution in [1.29, 1.82) is 5.41 Å². The second-order valence-corrected chi connectivity index (χ2v) is 4.56. The largest absolute Gasteiger partial charge is 0.394 e. The number of amidine groups is 1. The molecule has 1 fully saturated rings. The molecule has 4 N–H and O–H groups in total. The maximum atomic E-state index is 9.17. The Morgan fingerprint density at radius 2 is 2.39 bits per heavy atom. The Morgan fingerprint density at radius 1 is 1.61 bits per heavy atom. The van der Waals surface area contributed by atoms with E-state index in [1.165, 1.54) is 0 Å². The highest BCUT2D eigenvalue weighted by atomic mass is 16.5. The van der Waals surface area contributed by atoms with Gasteiger partial charge in [-0.2, -0.15) is 0 Å². The van der Waals surface area contributed by atoms with Crippen LogP contribution in [0.1, 0.15) is 11.1 Å². The molecule has 0 bridgehead atoms. The first kappa shape index (κ1) is 12.9. The van der Waals surface area contributed by atoms with Crippen LogP contribution in [-0.2, 0) is 4.74 Å². The van der Waals surface area contributed by atoms with E-state index in [9.17, 15) is 5.11 Å². The number of nitrogens with two attached hydrogens (primary N) is 1. The summed E-state index contributed by atoms with van der Waals surface area (Å²) >= 11 is 0. The van der Waals surface area contributed by atoms with Gasteiger partial charge in [0.05, 0.1) is 19.3 Å². The average Bonchev–Trinajstić information content (AvgIpc) is 2.38. The molecule has 0 radical (unpaired) electrons. The predicted molar refractivity (Wildman–Crippen MR) is 71.2 cm³/mol. The molecule has 0 aliphatic carbocycles. The van der Waals surface area contributed by atoms with E-state index in [1.807, 2.05) is 25.1 Å². The lowest BCUT2D eigenvalue weighted by molar-refractivity contribution is 0.00356.